The van der Waals surface area contributed by atoms with Gasteiger partial charge in [0.2, 0.25) is 0 Å². The molecule has 152 valence electrons. The van der Waals surface area contributed by atoms with Crippen molar-refractivity contribution in [1.82, 2.24) is 10.3 Å². The summed E-state index contributed by atoms with van der Waals surface area (Å²) < 4.78 is 66.1. The van der Waals surface area contributed by atoms with Crippen molar-refractivity contribution in [3.63, 3.8) is 0 Å². The number of ether oxygens (including phenoxy) is 1. The fourth-order valence-electron chi connectivity index (χ4n) is 1.78. The molecule has 0 saturated heterocycles. The molecule has 0 aliphatic carbocycles. The van der Waals surface area contributed by atoms with Gasteiger partial charge in [-0.3, -0.25) is 10.2 Å². The maximum Gasteiger partial charge on any atom is 0.446 e. The quantitative estimate of drug-likeness (QED) is 0.468. The minimum Gasteiger partial charge on any atom is -0.484 e. The van der Waals surface area contributed by atoms with Crippen molar-refractivity contribution in [2.75, 3.05) is 6.61 Å². The lowest BCUT2D eigenvalue weighted by Crippen LogP contribution is -2.43. The van der Waals surface area contributed by atoms with Gasteiger partial charge in [-0.15, -0.1) is 4.83 Å². The van der Waals surface area contributed by atoms with Crippen LogP contribution in [0.4, 0.5) is 13.2 Å². The summed E-state index contributed by atoms with van der Waals surface area (Å²) in [5, 5.41) is 0.0331. The smallest absolute Gasteiger partial charge is 0.446 e. The van der Waals surface area contributed by atoms with Gasteiger partial charge in [-0.25, -0.2) is 8.42 Å². The minimum atomic E-state index is -4.41. The molecule has 2 rings (SSSR count). The lowest BCUT2D eigenvalue weighted by Gasteiger charge is -2.11. The molecule has 28 heavy (non-hydrogen) atoms. The van der Waals surface area contributed by atoms with Gasteiger partial charge in [-0.1, -0.05) is 23.2 Å². The Balaban J connectivity index is 1.88. The van der Waals surface area contributed by atoms with Crippen LogP contribution in [0.2, 0.25) is 10.0 Å². The van der Waals surface area contributed by atoms with Crippen molar-refractivity contribution in [3.8, 4) is 5.75 Å². The van der Waals surface area contributed by atoms with E-state index < -0.39 is 28.0 Å². The van der Waals surface area contributed by atoms with E-state index in [1.807, 2.05) is 10.3 Å². The zero-order valence-corrected chi connectivity index (χ0v) is 16.7. The highest BCUT2D eigenvalue weighted by molar-refractivity contribution is 8.00. The van der Waals surface area contributed by atoms with Crippen molar-refractivity contribution in [1.29, 1.82) is 0 Å². The van der Waals surface area contributed by atoms with Crippen LogP contribution in [-0.2, 0) is 14.8 Å². The highest BCUT2D eigenvalue weighted by Crippen LogP contribution is 2.37. The molecule has 2 aromatic rings. The van der Waals surface area contributed by atoms with Gasteiger partial charge in [0.1, 0.15) is 10.6 Å². The minimum absolute atomic E-state index is 0.0459. The van der Waals surface area contributed by atoms with Gasteiger partial charge in [-0.2, -0.15) is 13.2 Å². The third-order valence-corrected chi connectivity index (χ3v) is 5.64. The number of sulfonamides is 1. The van der Waals surface area contributed by atoms with Crippen LogP contribution in [0.15, 0.2) is 52.3 Å². The maximum absolute atomic E-state index is 12.3. The van der Waals surface area contributed by atoms with E-state index in [1.165, 1.54) is 36.4 Å². The first-order chi connectivity index (χ1) is 13.0. The summed E-state index contributed by atoms with van der Waals surface area (Å²) in [4.78, 5) is 13.2. The van der Waals surface area contributed by atoms with Crippen molar-refractivity contribution in [3.05, 3.63) is 52.5 Å². The molecule has 0 aliphatic rings. The van der Waals surface area contributed by atoms with Gasteiger partial charge in [0, 0.05) is 9.92 Å². The Morgan fingerprint density at radius 1 is 1.11 bits per heavy atom. The Hall–Kier alpha value is -1.66. The van der Waals surface area contributed by atoms with E-state index in [2.05, 4.69) is 0 Å². The van der Waals surface area contributed by atoms with E-state index in [-0.39, 0.29) is 37.3 Å². The highest BCUT2D eigenvalue weighted by atomic mass is 35.5. The first-order valence-electron chi connectivity index (χ1n) is 7.20. The zero-order chi connectivity index (χ0) is 20.9. The number of carbonyl (C=O) groups is 1. The van der Waals surface area contributed by atoms with Crippen molar-refractivity contribution >= 4 is 50.9 Å². The molecule has 0 radical (unpaired) electrons. The standard InChI is InChI=1S/C15H11Cl2F3N2O4S2/c16-9-1-6-12(17)13(7-9)28(24,25)22-21-14(23)8-26-10-2-4-11(5-3-10)27-15(18,19)20/h1-7,22H,8H2,(H,21,23). The number of nitrogens with one attached hydrogen (secondary N) is 2. The molecule has 1 amide bonds. The number of benzene rings is 2. The number of rotatable bonds is 7. The van der Waals surface area contributed by atoms with Crippen LogP contribution in [0, 0.1) is 0 Å². The van der Waals surface area contributed by atoms with Crippen LogP contribution < -0.4 is 15.0 Å². The Morgan fingerprint density at radius 3 is 2.36 bits per heavy atom. The van der Waals surface area contributed by atoms with Crippen LogP contribution in [0.25, 0.3) is 0 Å². The molecule has 0 fully saturated rings. The van der Waals surface area contributed by atoms with E-state index in [4.69, 9.17) is 27.9 Å². The van der Waals surface area contributed by atoms with Crippen LogP contribution in [-0.4, -0.2) is 26.4 Å². The number of halogens is 5. The molecule has 0 atom stereocenters. The molecule has 0 heterocycles. The maximum atomic E-state index is 12.3. The van der Waals surface area contributed by atoms with Gasteiger partial charge in [-0.05, 0) is 54.2 Å². The second-order valence-corrected chi connectivity index (χ2v) is 8.67. The van der Waals surface area contributed by atoms with E-state index >= 15 is 0 Å². The van der Waals surface area contributed by atoms with E-state index in [9.17, 15) is 26.4 Å². The fraction of sp³-hybridized carbons (Fsp3) is 0.133. The van der Waals surface area contributed by atoms with Gasteiger partial charge >= 0.3 is 5.51 Å². The number of hydrogen-bond acceptors (Lipinski definition) is 5. The molecule has 0 bridgehead atoms. The molecule has 0 aromatic heterocycles. The van der Waals surface area contributed by atoms with Crippen LogP contribution >= 0.6 is 35.0 Å². The Kier molecular flexibility index (Phi) is 7.46. The SMILES string of the molecule is O=C(COc1ccc(SC(F)(F)F)cc1)NNS(=O)(=O)c1cc(Cl)ccc1Cl. The summed E-state index contributed by atoms with van der Waals surface area (Å²) in [6, 6.07) is 8.63. The normalized spacial score (nSPS) is 11.9. The lowest BCUT2D eigenvalue weighted by molar-refractivity contribution is -0.123. The van der Waals surface area contributed by atoms with Gasteiger partial charge < -0.3 is 4.74 Å². The van der Waals surface area contributed by atoms with E-state index in [0.717, 1.165) is 6.07 Å². The molecule has 0 aliphatic heterocycles. The third-order valence-electron chi connectivity index (χ3n) is 2.93. The summed E-state index contributed by atoms with van der Waals surface area (Å²) in [5.41, 5.74) is -2.49. The lowest BCUT2D eigenvalue weighted by atomic mass is 10.3. The fourth-order valence-corrected chi connectivity index (χ4v) is 3.95. The van der Waals surface area contributed by atoms with Gasteiger partial charge in [0.05, 0.1) is 5.02 Å². The molecule has 0 saturated carbocycles. The summed E-state index contributed by atoms with van der Waals surface area (Å²) >= 11 is 11.2. The first-order valence-corrected chi connectivity index (χ1v) is 10.3. The van der Waals surface area contributed by atoms with Crippen molar-refractivity contribution in [2.45, 2.75) is 15.3 Å². The Labute approximate surface area is 172 Å². The van der Waals surface area contributed by atoms with E-state index in [1.54, 1.807) is 0 Å². The molecule has 0 spiro atoms. The number of thioether (sulfide) groups is 1. The largest absolute Gasteiger partial charge is 0.484 e. The Morgan fingerprint density at radius 2 is 1.75 bits per heavy atom. The molecule has 0 unspecified atom stereocenters. The van der Waals surface area contributed by atoms with E-state index in [0.29, 0.717) is 0 Å². The predicted octanol–water partition coefficient (Wildman–Crippen LogP) is 3.99. The number of alkyl halides is 3. The highest BCUT2D eigenvalue weighted by Gasteiger charge is 2.29. The topological polar surface area (TPSA) is 84.5 Å². The predicted molar refractivity (Wildman–Crippen MR) is 98.8 cm³/mol. The summed E-state index contributed by atoms with van der Waals surface area (Å²) in [5.74, 6) is -0.724. The van der Waals surface area contributed by atoms with Crippen LogP contribution in [0.1, 0.15) is 0 Å². The molecule has 2 aromatic carbocycles. The summed E-state index contributed by atoms with van der Waals surface area (Å²) in [7, 11) is -4.18. The monoisotopic (exact) mass is 474 g/mol. The number of hydrazine groups is 1. The van der Waals surface area contributed by atoms with Crippen LogP contribution in [0.5, 0.6) is 5.75 Å². The first kappa shape index (κ1) is 22.6. The number of carbonyl (C=O) groups excluding carboxylic acids is 1. The third kappa shape index (κ3) is 7.06. The van der Waals surface area contributed by atoms with Gasteiger partial charge in [0.15, 0.2) is 6.61 Å². The molecular weight excluding hydrogens is 464 g/mol. The zero-order valence-electron chi connectivity index (χ0n) is 13.6. The number of hydrogen-bond donors (Lipinski definition) is 2. The second-order valence-electron chi connectivity index (χ2n) is 5.04. The summed E-state index contributed by atoms with van der Waals surface area (Å²) in [6.45, 7) is -0.586. The molecule has 2 N–H and O–H groups in total. The van der Waals surface area contributed by atoms with Crippen LogP contribution in [0.3, 0.4) is 0 Å². The average Bonchev–Trinajstić information content (AvgIpc) is 2.60. The summed E-state index contributed by atoms with van der Waals surface area (Å²) in [6.07, 6.45) is 0. The van der Waals surface area contributed by atoms with Crippen molar-refractivity contribution in [2.24, 2.45) is 0 Å². The molecule has 13 heteroatoms. The second kappa shape index (κ2) is 9.23. The molecule has 6 nitrogen and oxygen atoms in total. The number of amides is 1. The van der Waals surface area contributed by atoms with Crippen molar-refractivity contribution < 1.29 is 31.1 Å². The molecular formula is C15H11Cl2F3N2O4S2. The van der Waals surface area contributed by atoms with Gasteiger partial charge in [0.25, 0.3) is 15.9 Å². The average molecular weight is 475 g/mol. The Bertz CT molecular complexity index is 955.